The molecule has 1 aliphatic rings. The Labute approximate surface area is 115 Å². The number of nitrogens with one attached hydrogen (secondary N) is 1. The van der Waals surface area contributed by atoms with E-state index in [4.69, 9.17) is 0 Å². The van der Waals surface area contributed by atoms with Crippen LogP contribution in [0.15, 0.2) is 17.2 Å². The van der Waals surface area contributed by atoms with E-state index in [9.17, 15) is 8.42 Å². The molecule has 1 saturated carbocycles. The van der Waals surface area contributed by atoms with E-state index in [1.54, 1.807) is 26.4 Å². The molecule has 0 atom stereocenters. The molecule has 1 N–H and O–H groups in total. The minimum Gasteiger partial charge on any atom is -0.346 e. The summed E-state index contributed by atoms with van der Waals surface area (Å²) < 4.78 is 27.7. The zero-order chi connectivity index (χ0) is 14.0. The molecule has 5 nitrogen and oxygen atoms in total. The minimum atomic E-state index is -3.33. The molecule has 1 aromatic heterocycles. The van der Waals surface area contributed by atoms with Crippen LogP contribution in [0.3, 0.4) is 0 Å². The second-order valence-corrected chi connectivity index (χ2v) is 7.42. The Kier molecular flexibility index (Phi) is 4.32. The summed E-state index contributed by atoms with van der Waals surface area (Å²) in [5.74, 6) is 0. The summed E-state index contributed by atoms with van der Waals surface area (Å²) in [5, 5.41) is 3.34. The predicted molar refractivity (Wildman–Crippen MR) is 75.6 cm³/mol. The van der Waals surface area contributed by atoms with Crippen molar-refractivity contribution in [3.8, 4) is 0 Å². The fourth-order valence-electron chi connectivity index (χ4n) is 2.08. The Morgan fingerprint density at radius 1 is 1.42 bits per heavy atom. The molecule has 0 spiro atoms. The van der Waals surface area contributed by atoms with Crippen LogP contribution >= 0.6 is 0 Å². The minimum absolute atomic E-state index is 0.401. The van der Waals surface area contributed by atoms with Gasteiger partial charge in [-0.15, -0.1) is 0 Å². The maximum atomic E-state index is 12.2. The Hall–Kier alpha value is -0.850. The molecule has 19 heavy (non-hydrogen) atoms. The first-order valence-corrected chi connectivity index (χ1v) is 8.24. The second kappa shape index (κ2) is 5.64. The van der Waals surface area contributed by atoms with Crippen LogP contribution in [0, 0.1) is 0 Å². The van der Waals surface area contributed by atoms with E-state index in [-0.39, 0.29) is 0 Å². The van der Waals surface area contributed by atoms with Gasteiger partial charge in [-0.05, 0) is 31.9 Å². The van der Waals surface area contributed by atoms with Crippen molar-refractivity contribution in [2.45, 2.75) is 43.7 Å². The van der Waals surface area contributed by atoms with E-state index in [2.05, 4.69) is 16.8 Å². The highest BCUT2D eigenvalue weighted by atomic mass is 32.2. The highest BCUT2D eigenvalue weighted by Gasteiger charge is 2.28. The van der Waals surface area contributed by atoms with Crippen LogP contribution in [-0.4, -0.2) is 37.9 Å². The number of aromatic nitrogens is 1. The van der Waals surface area contributed by atoms with E-state index < -0.39 is 10.0 Å². The quantitative estimate of drug-likeness (QED) is 0.774. The van der Waals surface area contributed by atoms with Crippen molar-refractivity contribution in [2.75, 3.05) is 20.6 Å². The lowest BCUT2D eigenvalue weighted by molar-refractivity contribution is 0.520. The van der Waals surface area contributed by atoms with Gasteiger partial charge in [0.05, 0.1) is 0 Å². The molecule has 108 valence electrons. The third-order valence-electron chi connectivity index (χ3n) is 3.36. The van der Waals surface area contributed by atoms with E-state index in [0.717, 1.165) is 38.0 Å². The average molecular weight is 285 g/mol. The molecule has 0 amide bonds. The molecule has 1 fully saturated rings. The highest BCUT2D eigenvalue weighted by molar-refractivity contribution is 7.89. The summed E-state index contributed by atoms with van der Waals surface area (Å²) in [6, 6.07) is 2.29. The van der Waals surface area contributed by atoms with Gasteiger partial charge in [-0.3, -0.25) is 0 Å². The van der Waals surface area contributed by atoms with Gasteiger partial charge in [-0.25, -0.2) is 12.7 Å². The van der Waals surface area contributed by atoms with Crippen LogP contribution in [0.25, 0.3) is 0 Å². The lowest BCUT2D eigenvalue weighted by atomic mass is 10.4. The summed E-state index contributed by atoms with van der Waals surface area (Å²) >= 11 is 0. The SMILES string of the molecule is CCCNCc1cc(S(=O)(=O)N(C)C)cn1C1CC1. The third kappa shape index (κ3) is 3.19. The van der Waals surface area contributed by atoms with Crippen LogP contribution in [0.1, 0.15) is 37.9 Å². The first-order valence-electron chi connectivity index (χ1n) is 6.80. The van der Waals surface area contributed by atoms with Gasteiger partial charge in [0.25, 0.3) is 0 Å². The van der Waals surface area contributed by atoms with Crippen molar-refractivity contribution in [3.63, 3.8) is 0 Å². The number of nitrogens with zero attached hydrogens (tertiary/aromatic N) is 2. The summed E-state index contributed by atoms with van der Waals surface area (Å²) in [5.41, 5.74) is 1.07. The van der Waals surface area contributed by atoms with Crippen LogP contribution in [-0.2, 0) is 16.6 Å². The van der Waals surface area contributed by atoms with Crippen molar-refractivity contribution in [3.05, 3.63) is 18.0 Å². The standard InChI is InChI=1S/C13H23N3O2S/c1-4-7-14-9-12-8-13(19(17,18)15(2)3)10-16(12)11-5-6-11/h8,10-11,14H,4-7,9H2,1-3H3. The van der Waals surface area contributed by atoms with Gasteiger partial charge in [-0.2, -0.15) is 0 Å². The topological polar surface area (TPSA) is 54.3 Å². The van der Waals surface area contributed by atoms with E-state index >= 15 is 0 Å². The zero-order valence-corrected chi connectivity index (χ0v) is 12.7. The molecular weight excluding hydrogens is 262 g/mol. The normalized spacial score (nSPS) is 16.2. The van der Waals surface area contributed by atoms with Gasteiger partial charge < -0.3 is 9.88 Å². The van der Waals surface area contributed by atoms with Gasteiger partial charge in [0.2, 0.25) is 10.0 Å². The Morgan fingerprint density at radius 2 is 2.11 bits per heavy atom. The average Bonchev–Trinajstić information content (AvgIpc) is 3.10. The van der Waals surface area contributed by atoms with E-state index in [0.29, 0.717) is 10.9 Å². The molecule has 0 unspecified atom stereocenters. The van der Waals surface area contributed by atoms with Crippen LogP contribution in [0.2, 0.25) is 0 Å². The van der Waals surface area contributed by atoms with Crippen molar-refractivity contribution in [2.24, 2.45) is 0 Å². The largest absolute Gasteiger partial charge is 0.346 e. The van der Waals surface area contributed by atoms with Gasteiger partial charge in [0, 0.05) is 38.6 Å². The first kappa shape index (κ1) is 14.6. The van der Waals surface area contributed by atoms with Crippen LogP contribution in [0.4, 0.5) is 0 Å². The molecule has 1 aromatic rings. The summed E-state index contributed by atoms with van der Waals surface area (Å²) in [6.45, 7) is 3.80. The summed E-state index contributed by atoms with van der Waals surface area (Å²) in [7, 11) is -0.194. The molecule has 0 bridgehead atoms. The fourth-order valence-corrected chi connectivity index (χ4v) is 3.03. The van der Waals surface area contributed by atoms with Crippen molar-refractivity contribution < 1.29 is 8.42 Å². The second-order valence-electron chi connectivity index (χ2n) is 5.27. The van der Waals surface area contributed by atoms with Crippen LogP contribution in [0.5, 0.6) is 0 Å². The molecule has 0 saturated heterocycles. The smallest absolute Gasteiger partial charge is 0.244 e. The maximum absolute atomic E-state index is 12.2. The maximum Gasteiger partial charge on any atom is 0.244 e. The number of hydrogen-bond acceptors (Lipinski definition) is 3. The van der Waals surface area contributed by atoms with E-state index in [1.165, 1.54) is 4.31 Å². The molecule has 6 heteroatoms. The molecule has 2 rings (SSSR count). The van der Waals surface area contributed by atoms with Crippen molar-refractivity contribution >= 4 is 10.0 Å². The Balaban J connectivity index is 2.25. The summed E-state index contributed by atoms with van der Waals surface area (Å²) in [6.07, 6.45) is 5.16. The Bertz CT molecular complexity index is 530. The predicted octanol–water partition coefficient (Wildman–Crippen LogP) is 1.57. The first-order chi connectivity index (χ1) is 8.96. The van der Waals surface area contributed by atoms with Crippen molar-refractivity contribution in [1.82, 2.24) is 14.2 Å². The Morgan fingerprint density at radius 3 is 2.63 bits per heavy atom. The number of sulfonamides is 1. The third-order valence-corrected chi connectivity index (χ3v) is 5.14. The molecule has 1 aliphatic carbocycles. The van der Waals surface area contributed by atoms with Gasteiger partial charge in [-0.1, -0.05) is 6.92 Å². The fraction of sp³-hybridized carbons (Fsp3) is 0.692. The molecular formula is C13H23N3O2S. The zero-order valence-electron chi connectivity index (χ0n) is 11.9. The lowest BCUT2D eigenvalue weighted by Gasteiger charge is -2.08. The van der Waals surface area contributed by atoms with E-state index in [1.807, 2.05) is 0 Å². The lowest BCUT2D eigenvalue weighted by Crippen LogP contribution is -2.21. The molecule has 0 aliphatic heterocycles. The summed E-state index contributed by atoms with van der Waals surface area (Å²) in [4.78, 5) is 0.401. The number of hydrogen-bond donors (Lipinski definition) is 1. The molecule has 1 heterocycles. The molecule has 0 aromatic carbocycles. The number of rotatable bonds is 7. The monoisotopic (exact) mass is 285 g/mol. The van der Waals surface area contributed by atoms with Gasteiger partial charge >= 0.3 is 0 Å². The van der Waals surface area contributed by atoms with Gasteiger partial charge in [0.15, 0.2) is 0 Å². The molecule has 0 radical (unpaired) electrons. The van der Waals surface area contributed by atoms with Gasteiger partial charge in [0.1, 0.15) is 4.90 Å². The van der Waals surface area contributed by atoms with Crippen molar-refractivity contribution in [1.29, 1.82) is 0 Å². The van der Waals surface area contributed by atoms with Crippen LogP contribution < -0.4 is 5.32 Å². The highest BCUT2D eigenvalue weighted by Crippen LogP contribution is 2.37.